The predicted octanol–water partition coefficient (Wildman–Crippen LogP) is 2.84. The lowest BCUT2D eigenvalue weighted by Crippen LogP contribution is -2.31. The van der Waals surface area contributed by atoms with Gasteiger partial charge in [-0.1, -0.05) is 6.07 Å². The van der Waals surface area contributed by atoms with Crippen LogP contribution in [-0.4, -0.2) is 24.5 Å². The molecule has 5 nitrogen and oxygen atoms in total. The lowest BCUT2D eigenvalue weighted by molar-refractivity contribution is 0.0735. The molecule has 0 unspecified atom stereocenters. The molecule has 0 saturated carbocycles. The number of hydrogen-bond donors (Lipinski definition) is 0. The summed E-state index contributed by atoms with van der Waals surface area (Å²) in [7, 11) is 1.56. The molecule has 21 heavy (non-hydrogen) atoms. The monoisotopic (exact) mass is 284 g/mol. The molecule has 0 bridgehead atoms. The molecule has 0 saturated heterocycles. The van der Waals surface area contributed by atoms with Gasteiger partial charge in [-0.3, -0.25) is 4.79 Å². The van der Waals surface area contributed by atoms with Crippen LogP contribution in [-0.2, 0) is 6.54 Å². The van der Waals surface area contributed by atoms with Gasteiger partial charge in [0, 0.05) is 12.1 Å². The number of nitriles is 1. The third-order valence-electron chi connectivity index (χ3n) is 3.02. The van der Waals surface area contributed by atoms with Crippen LogP contribution >= 0.6 is 0 Å². The molecule has 1 aromatic carbocycles. The number of rotatable bonds is 6. The molecular formula is C16H16N2O3. The summed E-state index contributed by atoms with van der Waals surface area (Å²) in [6.45, 7) is 0.692. The summed E-state index contributed by atoms with van der Waals surface area (Å²) in [5, 5.41) is 8.74. The average Bonchev–Trinajstić information content (AvgIpc) is 3.03. The van der Waals surface area contributed by atoms with E-state index in [-0.39, 0.29) is 12.3 Å². The van der Waals surface area contributed by atoms with Crippen molar-refractivity contribution < 1.29 is 13.9 Å². The van der Waals surface area contributed by atoms with E-state index in [4.69, 9.17) is 14.4 Å². The first-order chi connectivity index (χ1) is 10.2. The molecule has 0 radical (unpaired) electrons. The van der Waals surface area contributed by atoms with Crippen LogP contribution in [0.3, 0.4) is 0 Å². The average molecular weight is 284 g/mol. The summed E-state index contributed by atoms with van der Waals surface area (Å²) in [6, 6.07) is 12.6. The van der Waals surface area contributed by atoms with Gasteiger partial charge in [0.15, 0.2) is 0 Å². The maximum Gasteiger partial charge on any atom is 0.254 e. The molecule has 0 fully saturated rings. The Morgan fingerprint density at radius 3 is 2.90 bits per heavy atom. The van der Waals surface area contributed by atoms with Crippen molar-refractivity contribution in [1.29, 1.82) is 5.26 Å². The van der Waals surface area contributed by atoms with Gasteiger partial charge in [0.1, 0.15) is 11.5 Å². The number of benzene rings is 1. The predicted molar refractivity (Wildman–Crippen MR) is 76.7 cm³/mol. The first-order valence-corrected chi connectivity index (χ1v) is 6.57. The zero-order valence-electron chi connectivity index (χ0n) is 11.8. The molecule has 1 heterocycles. The first kappa shape index (κ1) is 14.7. The SMILES string of the molecule is COc1cccc(C(=O)N(CCC#N)Cc2ccco2)c1. The quantitative estimate of drug-likeness (QED) is 0.818. The molecule has 0 aliphatic rings. The van der Waals surface area contributed by atoms with Crippen molar-refractivity contribution in [1.82, 2.24) is 4.90 Å². The van der Waals surface area contributed by atoms with Gasteiger partial charge in [-0.2, -0.15) is 5.26 Å². The Morgan fingerprint density at radius 2 is 2.24 bits per heavy atom. The number of carbonyl (C=O) groups is 1. The third-order valence-corrected chi connectivity index (χ3v) is 3.02. The summed E-state index contributed by atoms with van der Waals surface area (Å²) in [4.78, 5) is 14.2. The fraction of sp³-hybridized carbons (Fsp3) is 0.250. The number of hydrogen-bond acceptors (Lipinski definition) is 4. The number of ether oxygens (including phenoxy) is 1. The van der Waals surface area contributed by atoms with Crippen LogP contribution < -0.4 is 4.74 Å². The minimum Gasteiger partial charge on any atom is -0.497 e. The van der Waals surface area contributed by atoms with E-state index in [1.54, 1.807) is 54.7 Å². The third kappa shape index (κ3) is 3.86. The number of furan rings is 1. The van der Waals surface area contributed by atoms with Gasteiger partial charge in [-0.15, -0.1) is 0 Å². The lowest BCUT2D eigenvalue weighted by atomic mass is 10.1. The highest BCUT2D eigenvalue weighted by molar-refractivity contribution is 5.94. The van der Waals surface area contributed by atoms with Crippen molar-refractivity contribution in [2.75, 3.05) is 13.7 Å². The first-order valence-electron chi connectivity index (χ1n) is 6.57. The number of nitrogens with zero attached hydrogens (tertiary/aromatic N) is 2. The minimum absolute atomic E-state index is 0.152. The van der Waals surface area contributed by atoms with E-state index in [1.807, 2.05) is 0 Å². The molecule has 2 rings (SSSR count). The van der Waals surface area contributed by atoms with Crippen molar-refractivity contribution in [3.8, 4) is 11.8 Å². The molecule has 2 aromatic rings. The van der Waals surface area contributed by atoms with Crippen LogP contribution in [0.1, 0.15) is 22.5 Å². The summed E-state index contributed by atoms with van der Waals surface area (Å²) >= 11 is 0. The van der Waals surface area contributed by atoms with Crippen LogP contribution in [0.5, 0.6) is 5.75 Å². The Balaban J connectivity index is 2.18. The van der Waals surface area contributed by atoms with Gasteiger partial charge < -0.3 is 14.1 Å². The fourth-order valence-corrected chi connectivity index (χ4v) is 1.97. The molecule has 0 aliphatic carbocycles. The van der Waals surface area contributed by atoms with Crippen molar-refractivity contribution in [3.63, 3.8) is 0 Å². The van der Waals surface area contributed by atoms with Gasteiger partial charge in [0.2, 0.25) is 0 Å². The lowest BCUT2D eigenvalue weighted by Gasteiger charge is -2.20. The Morgan fingerprint density at radius 1 is 1.38 bits per heavy atom. The maximum atomic E-state index is 12.6. The van der Waals surface area contributed by atoms with E-state index in [9.17, 15) is 4.79 Å². The van der Waals surface area contributed by atoms with Crippen molar-refractivity contribution >= 4 is 5.91 Å². The molecule has 0 aliphatic heterocycles. The minimum atomic E-state index is -0.152. The van der Waals surface area contributed by atoms with Crippen molar-refractivity contribution in [2.45, 2.75) is 13.0 Å². The highest BCUT2D eigenvalue weighted by atomic mass is 16.5. The molecule has 108 valence electrons. The van der Waals surface area contributed by atoms with Gasteiger partial charge in [-0.25, -0.2) is 0 Å². The second-order valence-corrected chi connectivity index (χ2v) is 4.45. The summed E-state index contributed by atoms with van der Waals surface area (Å²) in [6.07, 6.45) is 1.84. The Hall–Kier alpha value is -2.74. The highest BCUT2D eigenvalue weighted by Crippen LogP contribution is 2.16. The van der Waals surface area contributed by atoms with Crippen LogP contribution in [0.25, 0.3) is 0 Å². The maximum absolute atomic E-state index is 12.6. The summed E-state index contributed by atoms with van der Waals surface area (Å²) in [5.74, 6) is 1.16. The Labute approximate surface area is 123 Å². The van der Waals surface area contributed by atoms with E-state index in [2.05, 4.69) is 6.07 Å². The van der Waals surface area contributed by atoms with Gasteiger partial charge in [-0.05, 0) is 30.3 Å². The van der Waals surface area contributed by atoms with Gasteiger partial charge in [0.25, 0.3) is 5.91 Å². The highest BCUT2D eigenvalue weighted by Gasteiger charge is 2.17. The molecular weight excluding hydrogens is 268 g/mol. The molecule has 1 aromatic heterocycles. The van der Waals surface area contributed by atoms with E-state index < -0.39 is 0 Å². The molecule has 0 spiro atoms. The number of carbonyl (C=O) groups excluding carboxylic acids is 1. The van der Waals surface area contributed by atoms with Crippen LogP contribution in [0.4, 0.5) is 0 Å². The van der Waals surface area contributed by atoms with E-state index in [0.29, 0.717) is 30.2 Å². The standard InChI is InChI=1S/C16H16N2O3/c1-20-14-6-2-5-13(11-14)16(19)18(9-4-8-17)12-15-7-3-10-21-15/h2-3,5-7,10-11H,4,9,12H2,1H3. The summed E-state index contributed by atoms with van der Waals surface area (Å²) in [5.41, 5.74) is 0.527. The zero-order valence-corrected chi connectivity index (χ0v) is 11.8. The van der Waals surface area contributed by atoms with E-state index in [1.165, 1.54) is 0 Å². The Bertz CT molecular complexity index is 629. The smallest absolute Gasteiger partial charge is 0.254 e. The van der Waals surface area contributed by atoms with E-state index >= 15 is 0 Å². The van der Waals surface area contributed by atoms with Crippen LogP contribution in [0, 0.1) is 11.3 Å². The molecule has 0 N–H and O–H groups in total. The zero-order chi connectivity index (χ0) is 15.1. The second-order valence-electron chi connectivity index (χ2n) is 4.45. The normalized spacial score (nSPS) is 9.90. The van der Waals surface area contributed by atoms with Gasteiger partial charge >= 0.3 is 0 Å². The molecule has 1 amide bonds. The van der Waals surface area contributed by atoms with Crippen LogP contribution in [0.2, 0.25) is 0 Å². The largest absolute Gasteiger partial charge is 0.497 e. The van der Waals surface area contributed by atoms with Crippen molar-refractivity contribution in [2.24, 2.45) is 0 Å². The van der Waals surface area contributed by atoms with E-state index in [0.717, 1.165) is 0 Å². The summed E-state index contributed by atoms with van der Waals surface area (Å²) < 4.78 is 10.4. The number of amides is 1. The second kappa shape index (κ2) is 7.15. The topological polar surface area (TPSA) is 66.5 Å². The Kier molecular flexibility index (Phi) is 4.99. The fourth-order valence-electron chi connectivity index (χ4n) is 1.97. The number of methoxy groups -OCH3 is 1. The van der Waals surface area contributed by atoms with Gasteiger partial charge in [0.05, 0.1) is 32.4 Å². The molecule has 5 heteroatoms. The van der Waals surface area contributed by atoms with Crippen LogP contribution in [0.15, 0.2) is 47.1 Å². The van der Waals surface area contributed by atoms with Crippen molar-refractivity contribution in [3.05, 3.63) is 54.0 Å². The molecule has 0 atom stereocenters.